The van der Waals surface area contributed by atoms with E-state index >= 15 is 0 Å². The topological polar surface area (TPSA) is 128 Å². The number of non-ortho nitro benzene ring substituents is 1. The Hall–Kier alpha value is -4.53. The van der Waals surface area contributed by atoms with Gasteiger partial charge in [0.25, 0.3) is 5.69 Å². The molecule has 0 atom stereocenters. The van der Waals surface area contributed by atoms with Crippen LogP contribution in [0.2, 0.25) is 0 Å². The Balaban J connectivity index is 1.43. The van der Waals surface area contributed by atoms with Gasteiger partial charge >= 0.3 is 5.91 Å². The average Bonchev–Trinajstić information content (AvgIpc) is 3.40. The standard InChI is InChI=1S/C22H15N3O6/c1-13(26)14-2-4-15(5-3-14)19-9-7-18(30-19)12-23-24-22(27)21-11-16-10-17(25(28)29)6-8-20(16)31-21/h2-12H,1H3,(H,24,27)/b23-12-. The fourth-order valence-corrected chi connectivity index (χ4v) is 2.91. The number of amides is 1. The summed E-state index contributed by atoms with van der Waals surface area (Å²) in [6.07, 6.45) is 1.33. The van der Waals surface area contributed by atoms with Gasteiger partial charge in [-0.3, -0.25) is 19.7 Å². The predicted molar refractivity (Wildman–Crippen MR) is 112 cm³/mol. The minimum Gasteiger partial charge on any atom is -0.455 e. The molecule has 0 bridgehead atoms. The fraction of sp³-hybridized carbons (Fsp3) is 0.0455. The maximum Gasteiger partial charge on any atom is 0.307 e. The maximum absolute atomic E-state index is 12.2. The molecule has 4 aromatic rings. The smallest absolute Gasteiger partial charge is 0.307 e. The molecule has 0 aliphatic heterocycles. The van der Waals surface area contributed by atoms with Gasteiger partial charge in [0.15, 0.2) is 11.5 Å². The Morgan fingerprint density at radius 3 is 2.52 bits per heavy atom. The molecule has 1 amide bonds. The van der Waals surface area contributed by atoms with Crippen molar-refractivity contribution < 1.29 is 23.3 Å². The van der Waals surface area contributed by atoms with Gasteiger partial charge in [0, 0.05) is 28.6 Å². The molecule has 4 rings (SSSR count). The number of ketones is 1. The molecule has 1 N–H and O–H groups in total. The molecule has 2 aromatic carbocycles. The number of carbonyl (C=O) groups is 2. The number of fused-ring (bicyclic) bond motifs is 1. The number of nitrogens with zero attached hydrogens (tertiary/aromatic N) is 2. The highest BCUT2D eigenvalue weighted by Crippen LogP contribution is 2.24. The Labute approximate surface area is 175 Å². The number of benzene rings is 2. The molecule has 0 unspecified atom stereocenters. The zero-order valence-electron chi connectivity index (χ0n) is 16.2. The van der Waals surface area contributed by atoms with Crippen LogP contribution in [-0.2, 0) is 0 Å². The van der Waals surface area contributed by atoms with Crippen molar-refractivity contribution in [2.75, 3.05) is 0 Å². The van der Waals surface area contributed by atoms with Gasteiger partial charge in [-0.25, -0.2) is 5.43 Å². The molecule has 9 nitrogen and oxygen atoms in total. The lowest BCUT2D eigenvalue weighted by Gasteiger charge is -1.98. The molecule has 0 saturated carbocycles. The van der Waals surface area contributed by atoms with Crippen molar-refractivity contribution >= 4 is 34.6 Å². The number of Topliss-reactive ketones (excluding diaryl/α,β-unsaturated/α-hetero) is 1. The van der Waals surface area contributed by atoms with E-state index in [9.17, 15) is 19.7 Å². The fourth-order valence-electron chi connectivity index (χ4n) is 2.91. The summed E-state index contributed by atoms with van der Waals surface area (Å²) in [5.74, 6) is 0.338. The zero-order valence-corrected chi connectivity index (χ0v) is 16.2. The summed E-state index contributed by atoms with van der Waals surface area (Å²) >= 11 is 0. The maximum atomic E-state index is 12.2. The molecule has 31 heavy (non-hydrogen) atoms. The molecule has 2 heterocycles. The van der Waals surface area contributed by atoms with Crippen LogP contribution in [0.5, 0.6) is 0 Å². The van der Waals surface area contributed by atoms with Crippen LogP contribution in [0.4, 0.5) is 5.69 Å². The Kier molecular flexibility index (Phi) is 5.15. The van der Waals surface area contributed by atoms with Gasteiger partial charge in [-0.2, -0.15) is 5.10 Å². The van der Waals surface area contributed by atoms with Crippen molar-refractivity contribution in [1.82, 2.24) is 5.43 Å². The van der Waals surface area contributed by atoms with Gasteiger partial charge in [-0.1, -0.05) is 24.3 Å². The van der Waals surface area contributed by atoms with Gasteiger partial charge in [-0.15, -0.1) is 0 Å². The van der Waals surface area contributed by atoms with Crippen LogP contribution in [0.25, 0.3) is 22.3 Å². The van der Waals surface area contributed by atoms with Crippen LogP contribution in [0.1, 0.15) is 33.6 Å². The van der Waals surface area contributed by atoms with Gasteiger partial charge < -0.3 is 8.83 Å². The minimum absolute atomic E-state index is 0.0164. The largest absolute Gasteiger partial charge is 0.455 e. The molecule has 0 fully saturated rings. The van der Waals surface area contributed by atoms with Crippen molar-refractivity contribution in [1.29, 1.82) is 0 Å². The number of furan rings is 2. The van der Waals surface area contributed by atoms with Crippen molar-refractivity contribution in [2.24, 2.45) is 5.10 Å². The van der Waals surface area contributed by atoms with Crippen molar-refractivity contribution in [3.05, 3.63) is 87.9 Å². The van der Waals surface area contributed by atoms with Gasteiger partial charge in [-0.05, 0) is 31.2 Å². The van der Waals surface area contributed by atoms with Gasteiger partial charge in [0.05, 0.1) is 11.1 Å². The summed E-state index contributed by atoms with van der Waals surface area (Å²) in [4.78, 5) is 33.9. The summed E-state index contributed by atoms with van der Waals surface area (Å²) in [6.45, 7) is 1.50. The van der Waals surface area contributed by atoms with E-state index in [2.05, 4.69) is 10.5 Å². The second kappa shape index (κ2) is 8.07. The third-order valence-electron chi connectivity index (χ3n) is 4.50. The van der Waals surface area contributed by atoms with Crippen LogP contribution < -0.4 is 5.43 Å². The van der Waals surface area contributed by atoms with Crippen molar-refractivity contribution in [3.63, 3.8) is 0 Å². The molecular weight excluding hydrogens is 402 g/mol. The van der Waals surface area contributed by atoms with E-state index in [-0.39, 0.29) is 17.2 Å². The zero-order chi connectivity index (χ0) is 22.0. The van der Waals surface area contributed by atoms with Crippen LogP contribution in [0, 0.1) is 10.1 Å². The molecule has 2 aromatic heterocycles. The number of carbonyl (C=O) groups excluding carboxylic acids is 2. The quantitative estimate of drug-likeness (QED) is 0.212. The number of nitro groups is 1. The predicted octanol–water partition coefficient (Wildman–Crippen LogP) is 4.57. The first-order valence-electron chi connectivity index (χ1n) is 9.13. The summed E-state index contributed by atoms with van der Waals surface area (Å²) in [6, 6.07) is 15.9. The lowest BCUT2D eigenvalue weighted by atomic mass is 10.1. The van der Waals surface area contributed by atoms with Gasteiger partial charge in [0.2, 0.25) is 0 Å². The normalized spacial score (nSPS) is 11.1. The average molecular weight is 417 g/mol. The van der Waals surface area contributed by atoms with Crippen molar-refractivity contribution in [3.8, 4) is 11.3 Å². The van der Waals surface area contributed by atoms with E-state index in [1.807, 2.05) is 0 Å². The Morgan fingerprint density at radius 2 is 1.81 bits per heavy atom. The number of nitrogens with one attached hydrogen (secondary N) is 1. The SMILES string of the molecule is CC(=O)c1ccc(-c2ccc(/C=N\NC(=O)c3cc4cc([N+](=O)[O-])ccc4o3)o2)cc1. The lowest BCUT2D eigenvalue weighted by Crippen LogP contribution is -2.16. The highest BCUT2D eigenvalue weighted by molar-refractivity contribution is 5.97. The molecule has 0 aliphatic carbocycles. The molecule has 0 radical (unpaired) electrons. The number of hydrazone groups is 1. The van der Waals surface area contributed by atoms with E-state index < -0.39 is 10.8 Å². The second-order valence-corrected chi connectivity index (χ2v) is 6.62. The molecule has 9 heteroatoms. The van der Waals surface area contributed by atoms with Crippen LogP contribution in [0.3, 0.4) is 0 Å². The van der Waals surface area contributed by atoms with E-state index in [1.54, 1.807) is 36.4 Å². The van der Waals surface area contributed by atoms with E-state index in [0.29, 0.717) is 28.1 Å². The highest BCUT2D eigenvalue weighted by atomic mass is 16.6. The first-order chi connectivity index (χ1) is 14.9. The molecule has 0 saturated heterocycles. The number of rotatable bonds is 6. The minimum atomic E-state index is -0.610. The summed E-state index contributed by atoms with van der Waals surface area (Å²) in [5.41, 5.74) is 3.99. The van der Waals surface area contributed by atoms with E-state index in [0.717, 1.165) is 5.56 Å². The van der Waals surface area contributed by atoms with Crippen molar-refractivity contribution in [2.45, 2.75) is 6.92 Å². The summed E-state index contributed by atoms with van der Waals surface area (Å²) in [7, 11) is 0. The molecule has 0 spiro atoms. The number of hydrogen-bond donors (Lipinski definition) is 1. The first kappa shape index (κ1) is 19.8. The highest BCUT2D eigenvalue weighted by Gasteiger charge is 2.14. The van der Waals surface area contributed by atoms with Gasteiger partial charge in [0.1, 0.15) is 17.1 Å². The second-order valence-electron chi connectivity index (χ2n) is 6.62. The summed E-state index contributed by atoms with van der Waals surface area (Å²) < 4.78 is 11.1. The third kappa shape index (κ3) is 4.25. The monoisotopic (exact) mass is 417 g/mol. The Morgan fingerprint density at radius 1 is 1.03 bits per heavy atom. The van der Waals surface area contributed by atoms with Crippen LogP contribution in [-0.4, -0.2) is 22.8 Å². The molecular formula is C22H15N3O6. The first-order valence-corrected chi connectivity index (χ1v) is 9.13. The lowest BCUT2D eigenvalue weighted by molar-refractivity contribution is -0.384. The van der Waals surface area contributed by atoms with E-state index in [4.69, 9.17) is 8.83 Å². The Bertz CT molecular complexity index is 1330. The molecule has 154 valence electrons. The van der Waals surface area contributed by atoms with Crippen LogP contribution in [0.15, 0.2) is 74.6 Å². The van der Waals surface area contributed by atoms with Crippen LogP contribution >= 0.6 is 0 Å². The van der Waals surface area contributed by atoms with E-state index in [1.165, 1.54) is 37.4 Å². The molecule has 0 aliphatic rings. The number of hydrogen-bond acceptors (Lipinski definition) is 7. The third-order valence-corrected chi connectivity index (χ3v) is 4.50. The number of nitro benzene ring substituents is 1. The summed E-state index contributed by atoms with van der Waals surface area (Å²) in [5, 5.41) is 15.1.